The van der Waals surface area contributed by atoms with Crippen molar-refractivity contribution < 1.29 is 4.74 Å². The lowest BCUT2D eigenvalue weighted by molar-refractivity contribution is 0.140. The van der Waals surface area contributed by atoms with Gasteiger partial charge in [-0.05, 0) is 37.7 Å². The van der Waals surface area contributed by atoms with Gasteiger partial charge in [0.2, 0.25) is 0 Å². The standard InChI is InChI=1S/C19H25NO.ClH/c1-4-20(5-2)15-19(17-9-7-6-8-10-17)21-18-13-11-16(3)12-14-18;/h6-14,19H,4-5,15H2,1-3H3;1H. The molecule has 2 nitrogen and oxygen atoms in total. The number of hydrogen-bond donors (Lipinski definition) is 0. The zero-order chi connectivity index (χ0) is 15.1. The average molecular weight is 320 g/mol. The molecule has 0 aliphatic heterocycles. The van der Waals surface area contributed by atoms with Crippen LogP contribution in [-0.2, 0) is 0 Å². The zero-order valence-corrected chi connectivity index (χ0v) is 14.5. The van der Waals surface area contributed by atoms with Crippen LogP contribution < -0.4 is 4.74 Å². The fraction of sp³-hybridized carbons (Fsp3) is 0.368. The topological polar surface area (TPSA) is 12.5 Å². The van der Waals surface area contributed by atoms with Gasteiger partial charge in [0.05, 0.1) is 0 Å². The maximum absolute atomic E-state index is 6.25. The Kier molecular flexibility index (Phi) is 8.00. The lowest BCUT2D eigenvalue weighted by Crippen LogP contribution is -2.30. The predicted molar refractivity (Wildman–Crippen MR) is 96.0 cm³/mol. The second-order valence-electron chi connectivity index (χ2n) is 5.32. The van der Waals surface area contributed by atoms with Gasteiger partial charge in [0.1, 0.15) is 11.9 Å². The van der Waals surface area contributed by atoms with Crippen molar-refractivity contribution >= 4 is 12.4 Å². The molecule has 1 unspecified atom stereocenters. The highest BCUT2D eigenvalue weighted by Gasteiger charge is 2.16. The zero-order valence-electron chi connectivity index (χ0n) is 13.7. The van der Waals surface area contributed by atoms with Crippen molar-refractivity contribution in [3.63, 3.8) is 0 Å². The molecule has 1 atom stereocenters. The van der Waals surface area contributed by atoms with Crippen molar-refractivity contribution in [2.24, 2.45) is 0 Å². The van der Waals surface area contributed by atoms with Gasteiger partial charge in [0.15, 0.2) is 0 Å². The van der Waals surface area contributed by atoms with Crippen LogP contribution in [0.4, 0.5) is 0 Å². The van der Waals surface area contributed by atoms with Gasteiger partial charge in [0.25, 0.3) is 0 Å². The third kappa shape index (κ3) is 5.36. The number of halogens is 1. The Bertz CT molecular complexity index is 523. The van der Waals surface area contributed by atoms with Crippen LogP contribution in [0.3, 0.4) is 0 Å². The highest BCUT2D eigenvalue weighted by atomic mass is 35.5. The van der Waals surface area contributed by atoms with E-state index in [1.807, 2.05) is 18.2 Å². The minimum Gasteiger partial charge on any atom is -0.484 e. The number of hydrogen-bond acceptors (Lipinski definition) is 2. The Morgan fingerprint density at radius 2 is 1.50 bits per heavy atom. The van der Waals surface area contributed by atoms with Gasteiger partial charge in [-0.15, -0.1) is 12.4 Å². The van der Waals surface area contributed by atoms with E-state index in [0.717, 1.165) is 25.4 Å². The molecular weight excluding hydrogens is 294 g/mol. The summed E-state index contributed by atoms with van der Waals surface area (Å²) < 4.78 is 6.25. The number of aryl methyl sites for hydroxylation is 1. The number of benzene rings is 2. The summed E-state index contributed by atoms with van der Waals surface area (Å²) in [6, 6.07) is 18.8. The molecule has 0 amide bonds. The van der Waals surface area contributed by atoms with E-state index in [2.05, 4.69) is 62.1 Å². The van der Waals surface area contributed by atoms with Gasteiger partial charge in [-0.25, -0.2) is 0 Å². The van der Waals surface area contributed by atoms with E-state index in [0.29, 0.717) is 0 Å². The van der Waals surface area contributed by atoms with Crippen LogP contribution in [-0.4, -0.2) is 24.5 Å². The minimum absolute atomic E-state index is 0. The first kappa shape index (κ1) is 18.5. The summed E-state index contributed by atoms with van der Waals surface area (Å²) in [5.41, 5.74) is 2.48. The second kappa shape index (κ2) is 9.50. The summed E-state index contributed by atoms with van der Waals surface area (Å²) >= 11 is 0. The summed E-state index contributed by atoms with van der Waals surface area (Å²) in [4.78, 5) is 2.39. The Morgan fingerprint density at radius 3 is 2.05 bits per heavy atom. The minimum atomic E-state index is 0. The molecule has 2 aromatic rings. The van der Waals surface area contributed by atoms with Crippen molar-refractivity contribution in [3.05, 3.63) is 65.7 Å². The molecule has 0 saturated carbocycles. The van der Waals surface area contributed by atoms with Crippen LogP contribution in [0.25, 0.3) is 0 Å². The normalized spacial score (nSPS) is 11.8. The van der Waals surface area contributed by atoms with Gasteiger partial charge in [-0.3, -0.25) is 4.90 Å². The van der Waals surface area contributed by atoms with E-state index in [9.17, 15) is 0 Å². The van der Waals surface area contributed by atoms with E-state index in [1.54, 1.807) is 0 Å². The van der Waals surface area contributed by atoms with Gasteiger partial charge < -0.3 is 4.74 Å². The molecule has 2 aromatic carbocycles. The van der Waals surface area contributed by atoms with Crippen molar-refractivity contribution in [3.8, 4) is 5.75 Å². The summed E-state index contributed by atoms with van der Waals surface area (Å²) in [5, 5.41) is 0. The highest BCUT2D eigenvalue weighted by Crippen LogP contribution is 2.23. The molecule has 0 spiro atoms. The predicted octanol–water partition coefficient (Wildman–Crippen LogP) is 4.88. The third-order valence-corrected chi connectivity index (χ3v) is 3.79. The lowest BCUT2D eigenvalue weighted by atomic mass is 10.1. The van der Waals surface area contributed by atoms with Crippen molar-refractivity contribution in [1.29, 1.82) is 0 Å². The molecule has 0 N–H and O–H groups in total. The van der Waals surface area contributed by atoms with Crippen molar-refractivity contribution in [2.75, 3.05) is 19.6 Å². The highest BCUT2D eigenvalue weighted by molar-refractivity contribution is 5.85. The van der Waals surface area contributed by atoms with Crippen LogP contribution in [0.1, 0.15) is 31.1 Å². The molecule has 0 aliphatic rings. The molecule has 3 heteroatoms. The Labute approximate surface area is 140 Å². The quantitative estimate of drug-likeness (QED) is 0.721. The van der Waals surface area contributed by atoms with Gasteiger partial charge in [-0.2, -0.15) is 0 Å². The maximum Gasteiger partial charge on any atom is 0.136 e. The molecule has 22 heavy (non-hydrogen) atoms. The molecule has 0 bridgehead atoms. The van der Waals surface area contributed by atoms with Gasteiger partial charge >= 0.3 is 0 Å². The van der Waals surface area contributed by atoms with Gasteiger partial charge in [0, 0.05) is 6.54 Å². The number of likely N-dealkylation sites (N-methyl/N-ethyl adjacent to an activating group) is 1. The molecule has 0 heterocycles. The third-order valence-electron chi connectivity index (χ3n) is 3.79. The van der Waals surface area contributed by atoms with Crippen LogP contribution >= 0.6 is 12.4 Å². The SMILES string of the molecule is CCN(CC)CC(Oc1ccc(C)cc1)c1ccccc1.Cl. The first-order chi connectivity index (χ1) is 10.2. The Hall–Kier alpha value is -1.51. The molecule has 0 aliphatic carbocycles. The lowest BCUT2D eigenvalue weighted by Gasteiger charge is -2.26. The summed E-state index contributed by atoms with van der Waals surface area (Å²) in [6.45, 7) is 9.46. The van der Waals surface area contributed by atoms with Gasteiger partial charge in [-0.1, -0.05) is 61.9 Å². The molecule has 0 aromatic heterocycles. The molecule has 0 radical (unpaired) electrons. The van der Waals surface area contributed by atoms with Crippen LogP contribution in [0.2, 0.25) is 0 Å². The van der Waals surface area contributed by atoms with Crippen LogP contribution in [0.5, 0.6) is 5.75 Å². The number of ether oxygens (including phenoxy) is 1. The first-order valence-electron chi connectivity index (χ1n) is 7.73. The van der Waals surface area contributed by atoms with E-state index in [1.165, 1.54) is 11.1 Å². The fourth-order valence-corrected chi connectivity index (χ4v) is 2.38. The van der Waals surface area contributed by atoms with E-state index in [4.69, 9.17) is 4.74 Å². The number of rotatable bonds is 7. The van der Waals surface area contributed by atoms with E-state index < -0.39 is 0 Å². The monoisotopic (exact) mass is 319 g/mol. The van der Waals surface area contributed by atoms with E-state index >= 15 is 0 Å². The molecule has 120 valence electrons. The van der Waals surface area contributed by atoms with E-state index in [-0.39, 0.29) is 18.5 Å². The van der Waals surface area contributed by atoms with Crippen molar-refractivity contribution in [2.45, 2.75) is 26.9 Å². The summed E-state index contributed by atoms with van der Waals surface area (Å²) in [6.07, 6.45) is 0.0637. The first-order valence-corrected chi connectivity index (χ1v) is 7.73. The molecular formula is C19H26ClNO. The maximum atomic E-state index is 6.25. The fourth-order valence-electron chi connectivity index (χ4n) is 2.38. The average Bonchev–Trinajstić information content (AvgIpc) is 2.54. The smallest absolute Gasteiger partial charge is 0.136 e. The van der Waals surface area contributed by atoms with Crippen LogP contribution in [0.15, 0.2) is 54.6 Å². The summed E-state index contributed by atoms with van der Waals surface area (Å²) in [7, 11) is 0. The molecule has 0 fully saturated rings. The Morgan fingerprint density at radius 1 is 0.909 bits per heavy atom. The molecule has 0 saturated heterocycles. The van der Waals surface area contributed by atoms with Crippen molar-refractivity contribution in [1.82, 2.24) is 4.90 Å². The summed E-state index contributed by atoms with van der Waals surface area (Å²) in [5.74, 6) is 0.932. The Balaban J connectivity index is 0.00000242. The van der Waals surface area contributed by atoms with Crippen LogP contribution in [0, 0.1) is 6.92 Å². The number of nitrogens with zero attached hydrogens (tertiary/aromatic N) is 1. The largest absolute Gasteiger partial charge is 0.484 e. The molecule has 2 rings (SSSR count). The second-order valence-corrected chi connectivity index (χ2v) is 5.32.